The molecule has 0 spiro atoms. The summed E-state index contributed by atoms with van der Waals surface area (Å²) in [4.78, 5) is 2.90. The van der Waals surface area contributed by atoms with Gasteiger partial charge in [0, 0.05) is 18.1 Å². The highest BCUT2D eigenvalue weighted by Gasteiger charge is 2.31. The van der Waals surface area contributed by atoms with E-state index in [1.54, 1.807) is 0 Å². The SMILES string of the molecule is CCC(C)N(C1CCCCC1)C1CCNCC1. The lowest BCUT2D eigenvalue weighted by molar-refractivity contribution is 0.0460. The summed E-state index contributed by atoms with van der Waals surface area (Å²) in [5.74, 6) is 0. The van der Waals surface area contributed by atoms with Gasteiger partial charge in [0.25, 0.3) is 0 Å². The molecule has 1 unspecified atom stereocenters. The van der Waals surface area contributed by atoms with Crippen LogP contribution in [0, 0.1) is 0 Å². The summed E-state index contributed by atoms with van der Waals surface area (Å²) in [6.45, 7) is 7.24. The molecule has 2 aliphatic rings. The Balaban J connectivity index is 2.00. The van der Waals surface area contributed by atoms with Crippen LogP contribution in [0.3, 0.4) is 0 Å². The van der Waals surface area contributed by atoms with E-state index >= 15 is 0 Å². The van der Waals surface area contributed by atoms with E-state index in [1.807, 2.05) is 0 Å². The Labute approximate surface area is 107 Å². The molecule has 2 nitrogen and oxygen atoms in total. The second kappa shape index (κ2) is 6.75. The minimum absolute atomic E-state index is 0.779. The third-order valence-corrected chi connectivity index (χ3v) is 4.83. The van der Waals surface area contributed by atoms with Crippen LogP contribution in [0.4, 0.5) is 0 Å². The molecule has 1 aliphatic carbocycles. The standard InChI is InChI=1S/C15H30N2/c1-3-13(2)17(14-7-5-4-6-8-14)15-9-11-16-12-10-15/h13-16H,3-12H2,1-2H3. The number of rotatable bonds is 4. The molecule has 1 heterocycles. The highest BCUT2D eigenvalue weighted by atomic mass is 15.2. The number of nitrogens with zero attached hydrogens (tertiary/aromatic N) is 1. The lowest BCUT2D eigenvalue weighted by atomic mass is 9.90. The van der Waals surface area contributed by atoms with E-state index < -0.39 is 0 Å². The van der Waals surface area contributed by atoms with Crippen molar-refractivity contribution in [1.82, 2.24) is 10.2 Å². The van der Waals surface area contributed by atoms with Gasteiger partial charge in [-0.25, -0.2) is 0 Å². The van der Waals surface area contributed by atoms with E-state index in [2.05, 4.69) is 24.1 Å². The van der Waals surface area contributed by atoms with E-state index in [9.17, 15) is 0 Å². The third-order valence-electron chi connectivity index (χ3n) is 4.83. The van der Waals surface area contributed by atoms with Crippen LogP contribution in [-0.2, 0) is 0 Å². The Bertz CT molecular complexity index is 187. The van der Waals surface area contributed by atoms with Gasteiger partial charge in [-0.05, 0) is 52.1 Å². The zero-order valence-corrected chi connectivity index (χ0v) is 11.8. The molecule has 1 atom stereocenters. The van der Waals surface area contributed by atoms with E-state index in [1.165, 1.54) is 64.5 Å². The van der Waals surface area contributed by atoms with Gasteiger partial charge in [-0.1, -0.05) is 26.2 Å². The van der Waals surface area contributed by atoms with Crippen LogP contribution in [0.2, 0.25) is 0 Å². The number of hydrogen-bond donors (Lipinski definition) is 1. The van der Waals surface area contributed by atoms with Crippen molar-refractivity contribution in [1.29, 1.82) is 0 Å². The molecular formula is C15H30N2. The fourth-order valence-electron chi connectivity index (χ4n) is 3.71. The predicted molar refractivity (Wildman–Crippen MR) is 74.4 cm³/mol. The molecule has 0 amide bonds. The quantitative estimate of drug-likeness (QED) is 0.809. The Hall–Kier alpha value is -0.0800. The summed E-state index contributed by atoms with van der Waals surface area (Å²) < 4.78 is 0. The van der Waals surface area contributed by atoms with Gasteiger partial charge in [0.15, 0.2) is 0 Å². The van der Waals surface area contributed by atoms with Gasteiger partial charge in [0.05, 0.1) is 0 Å². The lowest BCUT2D eigenvalue weighted by Gasteiger charge is -2.45. The Morgan fingerprint density at radius 1 is 1.00 bits per heavy atom. The van der Waals surface area contributed by atoms with Crippen LogP contribution in [0.15, 0.2) is 0 Å². The summed E-state index contributed by atoms with van der Waals surface area (Å²) in [7, 11) is 0. The van der Waals surface area contributed by atoms with Crippen molar-refractivity contribution in [2.45, 2.75) is 83.3 Å². The number of hydrogen-bond acceptors (Lipinski definition) is 2. The van der Waals surface area contributed by atoms with Crippen LogP contribution in [-0.4, -0.2) is 36.1 Å². The maximum absolute atomic E-state index is 3.50. The van der Waals surface area contributed by atoms with E-state index in [-0.39, 0.29) is 0 Å². The molecule has 0 aromatic heterocycles. The number of nitrogens with one attached hydrogen (secondary N) is 1. The molecule has 2 fully saturated rings. The van der Waals surface area contributed by atoms with Gasteiger partial charge in [-0.2, -0.15) is 0 Å². The predicted octanol–water partition coefficient (Wildman–Crippen LogP) is 3.17. The van der Waals surface area contributed by atoms with Crippen molar-refractivity contribution in [3.05, 3.63) is 0 Å². The number of piperidine rings is 1. The summed E-state index contributed by atoms with van der Waals surface area (Å²) in [5.41, 5.74) is 0. The van der Waals surface area contributed by atoms with Crippen molar-refractivity contribution in [2.24, 2.45) is 0 Å². The zero-order valence-electron chi connectivity index (χ0n) is 11.8. The monoisotopic (exact) mass is 238 g/mol. The summed E-state index contributed by atoms with van der Waals surface area (Å²) in [6.07, 6.45) is 11.3. The first-order valence-electron chi connectivity index (χ1n) is 7.81. The molecule has 0 aromatic carbocycles. The van der Waals surface area contributed by atoms with Crippen molar-refractivity contribution < 1.29 is 0 Å². The molecule has 1 saturated heterocycles. The minimum atomic E-state index is 0.779. The van der Waals surface area contributed by atoms with Crippen LogP contribution >= 0.6 is 0 Å². The second-order valence-corrected chi connectivity index (χ2v) is 5.98. The summed E-state index contributed by atoms with van der Waals surface area (Å²) in [6, 6.07) is 2.53. The van der Waals surface area contributed by atoms with Crippen LogP contribution in [0.1, 0.15) is 65.2 Å². The Kier molecular flexibility index (Phi) is 5.30. The molecule has 2 heteroatoms. The van der Waals surface area contributed by atoms with Gasteiger partial charge in [-0.3, -0.25) is 4.90 Å². The molecule has 0 radical (unpaired) electrons. The van der Waals surface area contributed by atoms with Crippen LogP contribution in [0.5, 0.6) is 0 Å². The molecule has 100 valence electrons. The lowest BCUT2D eigenvalue weighted by Crippen LogP contribution is -2.52. The maximum Gasteiger partial charge on any atom is 0.0125 e. The van der Waals surface area contributed by atoms with E-state index in [0.29, 0.717) is 0 Å². The smallest absolute Gasteiger partial charge is 0.0125 e. The second-order valence-electron chi connectivity index (χ2n) is 5.98. The van der Waals surface area contributed by atoms with Gasteiger partial charge in [0.1, 0.15) is 0 Å². The highest BCUT2D eigenvalue weighted by Crippen LogP contribution is 2.29. The Morgan fingerprint density at radius 3 is 2.18 bits per heavy atom. The van der Waals surface area contributed by atoms with Gasteiger partial charge in [-0.15, -0.1) is 0 Å². The van der Waals surface area contributed by atoms with Crippen LogP contribution < -0.4 is 5.32 Å². The van der Waals surface area contributed by atoms with Crippen molar-refractivity contribution in [3.8, 4) is 0 Å². The van der Waals surface area contributed by atoms with E-state index in [0.717, 1.165) is 18.1 Å². The molecule has 0 bridgehead atoms. The molecular weight excluding hydrogens is 208 g/mol. The fraction of sp³-hybridized carbons (Fsp3) is 1.00. The molecule has 1 saturated carbocycles. The van der Waals surface area contributed by atoms with Gasteiger partial charge < -0.3 is 5.32 Å². The zero-order chi connectivity index (χ0) is 12.1. The van der Waals surface area contributed by atoms with Crippen molar-refractivity contribution in [3.63, 3.8) is 0 Å². The average Bonchev–Trinajstić information content (AvgIpc) is 2.41. The van der Waals surface area contributed by atoms with Crippen molar-refractivity contribution >= 4 is 0 Å². The third kappa shape index (κ3) is 3.45. The largest absolute Gasteiger partial charge is 0.317 e. The van der Waals surface area contributed by atoms with Gasteiger partial charge >= 0.3 is 0 Å². The first-order valence-corrected chi connectivity index (χ1v) is 7.81. The molecule has 1 aliphatic heterocycles. The minimum Gasteiger partial charge on any atom is -0.317 e. The molecule has 17 heavy (non-hydrogen) atoms. The molecule has 2 rings (SSSR count). The van der Waals surface area contributed by atoms with Crippen LogP contribution in [0.25, 0.3) is 0 Å². The van der Waals surface area contributed by atoms with E-state index in [4.69, 9.17) is 0 Å². The first-order chi connectivity index (χ1) is 8.33. The highest BCUT2D eigenvalue weighted by molar-refractivity contribution is 4.87. The Morgan fingerprint density at radius 2 is 1.59 bits per heavy atom. The average molecular weight is 238 g/mol. The summed E-state index contributed by atoms with van der Waals surface area (Å²) >= 11 is 0. The maximum atomic E-state index is 3.50. The summed E-state index contributed by atoms with van der Waals surface area (Å²) in [5, 5.41) is 3.50. The normalized spacial score (nSPS) is 26.3. The molecule has 0 aromatic rings. The molecule has 1 N–H and O–H groups in total. The van der Waals surface area contributed by atoms with Crippen molar-refractivity contribution in [2.75, 3.05) is 13.1 Å². The topological polar surface area (TPSA) is 15.3 Å². The fourth-order valence-corrected chi connectivity index (χ4v) is 3.71. The van der Waals surface area contributed by atoms with Gasteiger partial charge in [0.2, 0.25) is 0 Å². The first kappa shape index (κ1) is 13.4.